The van der Waals surface area contributed by atoms with E-state index in [9.17, 15) is 4.79 Å². The molecule has 2 aromatic rings. The Morgan fingerprint density at radius 3 is 2.30 bits per heavy atom. The monoisotopic (exact) mass is 310 g/mol. The van der Waals surface area contributed by atoms with E-state index >= 15 is 0 Å². The van der Waals surface area contributed by atoms with E-state index in [0.29, 0.717) is 11.6 Å². The number of hydrogen-bond acceptors (Lipinski definition) is 2. The molecule has 1 atom stereocenters. The largest absolute Gasteiger partial charge is 0.324 e. The summed E-state index contributed by atoms with van der Waals surface area (Å²) in [5.74, 6) is 0. The quantitative estimate of drug-likeness (QED) is 0.916. The van der Waals surface area contributed by atoms with Crippen molar-refractivity contribution >= 4 is 0 Å². The second kappa shape index (κ2) is 6.71. The summed E-state index contributed by atoms with van der Waals surface area (Å²) in [6.07, 6.45) is 5.85. The summed E-state index contributed by atoms with van der Waals surface area (Å²) in [6, 6.07) is 12.5. The normalized spacial score (nSPS) is 17.2. The van der Waals surface area contributed by atoms with Crippen molar-refractivity contribution in [2.24, 2.45) is 5.73 Å². The molecule has 3 nitrogen and oxygen atoms in total. The number of nitrogens with two attached hydrogens (primary N) is 1. The van der Waals surface area contributed by atoms with E-state index in [2.05, 4.69) is 37.3 Å². The van der Waals surface area contributed by atoms with Gasteiger partial charge in [-0.05, 0) is 44.4 Å². The van der Waals surface area contributed by atoms with Crippen LogP contribution in [0.4, 0.5) is 0 Å². The van der Waals surface area contributed by atoms with Gasteiger partial charge in [0.15, 0.2) is 0 Å². The van der Waals surface area contributed by atoms with E-state index in [1.807, 2.05) is 17.6 Å². The fourth-order valence-electron chi connectivity index (χ4n) is 3.58. The first kappa shape index (κ1) is 16.0. The van der Waals surface area contributed by atoms with Crippen LogP contribution >= 0.6 is 0 Å². The second-order valence-electron chi connectivity index (χ2n) is 6.80. The van der Waals surface area contributed by atoms with Crippen LogP contribution in [0.25, 0.3) is 11.3 Å². The average molecular weight is 310 g/mol. The van der Waals surface area contributed by atoms with Gasteiger partial charge in [-0.25, -0.2) is 0 Å². The summed E-state index contributed by atoms with van der Waals surface area (Å²) in [7, 11) is 0. The zero-order valence-electron chi connectivity index (χ0n) is 14.1. The maximum Gasteiger partial charge on any atom is 0.256 e. The van der Waals surface area contributed by atoms with Gasteiger partial charge in [0, 0.05) is 17.6 Å². The van der Waals surface area contributed by atoms with Crippen molar-refractivity contribution in [3.05, 3.63) is 57.9 Å². The van der Waals surface area contributed by atoms with E-state index < -0.39 is 0 Å². The standard InChI is InChI=1S/C20H26N2O/c1-14-8-10-16(11-9-14)19-13-12-18(15(2)21)20(23)22(19)17-6-4-3-5-7-17/h8-13,15,17H,3-7,21H2,1-2H3. The number of benzene rings is 1. The third-order valence-corrected chi connectivity index (χ3v) is 4.92. The molecule has 0 bridgehead atoms. The molecule has 1 aliphatic carbocycles. The lowest BCUT2D eigenvalue weighted by Crippen LogP contribution is -2.32. The first-order valence-electron chi connectivity index (χ1n) is 8.66. The Hall–Kier alpha value is -1.87. The Morgan fingerprint density at radius 2 is 1.70 bits per heavy atom. The molecule has 0 saturated heterocycles. The lowest BCUT2D eigenvalue weighted by molar-refractivity contribution is 0.347. The van der Waals surface area contributed by atoms with E-state index in [0.717, 1.165) is 24.1 Å². The molecule has 0 amide bonds. The Bertz CT molecular complexity index is 722. The van der Waals surface area contributed by atoms with Crippen molar-refractivity contribution < 1.29 is 0 Å². The van der Waals surface area contributed by atoms with Gasteiger partial charge in [-0.3, -0.25) is 4.79 Å². The molecule has 1 heterocycles. The molecule has 23 heavy (non-hydrogen) atoms. The van der Waals surface area contributed by atoms with Crippen molar-refractivity contribution in [2.75, 3.05) is 0 Å². The predicted octanol–water partition coefficient (Wildman–Crippen LogP) is 4.35. The molecule has 1 aromatic heterocycles. The van der Waals surface area contributed by atoms with Crippen molar-refractivity contribution in [1.82, 2.24) is 4.57 Å². The number of nitrogens with zero attached hydrogens (tertiary/aromatic N) is 1. The van der Waals surface area contributed by atoms with Crippen molar-refractivity contribution in [1.29, 1.82) is 0 Å². The molecule has 0 radical (unpaired) electrons. The third kappa shape index (κ3) is 3.25. The van der Waals surface area contributed by atoms with Gasteiger partial charge in [-0.15, -0.1) is 0 Å². The molecule has 1 saturated carbocycles. The summed E-state index contributed by atoms with van der Waals surface area (Å²) < 4.78 is 2.02. The molecule has 1 aliphatic rings. The zero-order chi connectivity index (χ0) is 16.4. The number of rotatable bonds is 3. The Morgan fingerprint density at radius 1 is 1.04 bits per heavy atom. The van der Waals surface area contributed by atoms with E-state index in [-0.39, 0.29) is 11.6 Å². The SMILES string of the molecule is Cc1ccc(-c2ccc(C(C)N)c(=O)n2C2CCCCC2)cc1. The van der Waals surface area contributed by atoms with Gasteiger partial charge < -0.3 is 10.3 Å². The molecule has 1 unspecified atom stereocenters. The summed E-state index contributed by atoms with van der Waals surface area (Å²) >= 11 is 0. The fourth-order valence-corrected chi connectivity index (χ4v) is 3.58. The summed E-state index contributed by atoms with van der Waals surface area (Å²) in [5.41, 5.74) is 10.2. The molecule has 2 N–H and O–H groups in total. The Balaban J connectivity index is 2.16. The summed E-state index contributed by atoms with van der Waals surface area (Å²) in [4.78, 5) is 13.1. The van der Waals surface area contributed by atoms with Crippen LogP contribution < -0.4 is 11.3 Å². The highest BCUT2D eigenvalue weighted by atomic mass is 16.1. The second-order valence-corrected chi connectivity index (χ2v) is 6.80. The number of aromatic nitrogens is 1. The minimum absolute atomic E-state index is 0.0879. The minimum atomic E-state index is -0.232. The highest BCUT2D eigenvalue weighted by Crippen LogP contribution is 2.31. The van der Waals surface area contributed by atoms with Crippen LogP contribution in [0, 0.1) is 6.92 Å². The maximum absolute atomic E-state index is 13.1. The molecule has 3 rings (SSSR count). The van der Waals surface area contributed by atoms with Crippen LogP contribution in [0.15, 0.2) is 41.2 Å². The lowest BCUT2D eigenvalue weighted by Gasteiger charge is -2.28. The fraction of sp³-hybridized carbons (Fsp3) is 0.450. The first-order valence-corrected chi connectivity index (χ1v) is 8.66. The van der Waals surface area contributed by atoms with Crippen LogP contribution in [-0.4, -0.2) is 4.57 Å². The van der Waals surface area contributed by atoms with E-state index in [4.69, 9.17) is 5.73 Å². The van der Waals surface area contributed by atoms with Crippen LogP contribution in [0.1, 0.15) is 62.2 Å². The van der Waals surface area contributed by atoms with Crippen LogP contribution in [0.2, 0.25) is 0 Å². The number of aryl methyl sites for hydroxylation is 1. The van der Waals surface area contributed by atoms with E-state index in [1.165, 1.54) is 24.8 Å². The first-order chi connectivity index (χ1) is 11.1. The van der Waals surface area contributed by atoms with Crippen molar-refractivity contribution in [3.63, 3.8) is 0 Å². The summed E-state index contributed by atoms with van der Waals surface area (Å²) in [6.45, 7) is 3.96. The van der Waals surface area contributed by atoms with Crippen LogP contribution in [0.3, 0.4) is 0 Å². The lowest BCUT2D eigenvalue weighted by atomic mass is 9.93. The van der Waals surface area contributed by atoms with Crippen molar-refractivity contribution in [2.45, 2.75) is 58.0 Å². The summed E-state index contributed by atoms with van der Waals surface area (Å²) in [5, 5.41) is 0. The number of hydrogen-bond donors (Lipinski definition) is 1. The predicted molar refractivity (Wildman–Crippen MR) is 95.6 cm³/mol. The third-order valence-electron chi connectivity index (χ3n) is 4.92. The molecule has 1 aromatic carbocycles. The molecular weight excluding hydrogens is 284 g/mol. The van der Waals surface area contributed by atoms with Gasteiger partial charge in [0.25, 0.3) is 5.56 Å². The average Bonchev–Trinajstić information content (AvgIpc) is 2.55. The van der Waals surface area contributed by atoms with Gasteiger partial charge in [0.1, 0.15) is 0 Å². The minimum Gasteiger partial charge on any atom is -0.324 e. The molecule has 0 spiro atoms. The Labute approximate surface area is 138 Å². The molecule has 3 heteroatoms. The maximum atomic E-state index is 13.1. The van der Waals surface area contributed by atoms with Crippen molar-refractivity contribution in [3.8, 4) is 11.3 Å². The van der Waals surface area contributed by atoms with Crippen LogP contribution in [-0.2, 0) is 0 Å². The molecule has 1 fully saturated rings. The molecule has 0 aliphatic heterocycles. The van der Waals surface area contributed by atoms with Crippen LogP contribution in [0.5, 0.6) is 0 Å². The zero-order valence-corrected chi connectivity index (χ0v) is 14.1. The van der Waals surface area contributed by atoms with Gasteiger partial charge in [0.05, 0.1) is 5.69 Å². The highest BCUT2D eigenvalue weighted by Gasteiger charge is 2.21. The topological polar surface area (TPSA) is 48.0 Å². The molecule has 122 valence electrons. The Kier molecular flexibility index (Phi) is 4.67. The van der Waals surface area contributed by atoms with Gasteiger partial charge >= 0.3 is 0 Å². The van der Waals surface area contributed by atoms with Gasteiger partial charge in [0.2, 0.25) is 0 Å². The smallest absolute Gasteiger partial charge is 0.256 e. The van der Waals surface area contributed by atoms with E-state index in [1.54, 1.807) is 0 Å². The number of pyridine rings is 1. The highest BCUT2D eigenvalue weighted by molar-refractivity contribution is 5.60. The molecular formula is C20H26N2O. The van der Waals surface area contributed by atoms with Gasteiger partial charge in [-0.2, -0.15) is 0 Å². The van der Waals surface area contributed by atoms with Gasteiger partial charge in [-0.1, -0.05) is 49.1 Å².